The summed E-state index contributed by atoms with van der Waals surface area (Å²) < 4.78 is 0.692. The molecule has 1 aromatic heterocycles. The number of hydrogen-bond acceptors (Lipinski definition) is 5. The van der Waals surface area contributed by atoms with E-state index in [1.54, 1.807) is 11.0 Å². The van der Waals surface area contributed by atoms with E-state index in [4.69, 9.17) is 0 Å². The Morgan fingerprint density at radius 3 is 2.80 bits per heavy atom. The number of nitrogens with zero attached hydrogens (tertiary/aromatic N) is 3. The molecular formula is C13H15BrN4O2. The summed E-state index contributed by atoms with van der Waals surface area (Å²) in [5.41, 5.74) is 0. The number of nitrogens with one attached hydrogen (secondary N) is 1. The van der Waals surface area contributed by atoms with E-state index >= 15 is 0 Å². The van der Waals surface area contributed by atoms with Crippen LogP contribution in [0, 0.1) is 0 Å². The molecule has 2 fully saturated rings. The maximum atomic E-state index is 11.9. The number of aromatic nitrogens is 2. The van der Waals surface area contributed by atoms with Gasteiger partial charge in [0.25, 0.3) is 0 Å². The molecule has 0 radical (unpaired) electrons. The van der Waals surface area contributed by atoms with Gasteiger partial charge < -0.3 is 4.90 Å². The van der Waals surface area contributed by atoms with Gasteiger partial charge in [-0.05, 0) is 35.2 Å². The first-order valence-corrected chi connectivity index (χ1v) is 7.52. The van der Waals surface area contributed by atoms with E-state index in [9.17, 15) is 9.59 Å². The number of carbonyl (C=O) groups excluding carboxylic acids is 2. The number of anilines is 1. The standard InChI is InChI=1S/C13H15BrN4O2/c1-2-8-13(20)17-11(19)6-18(8)10-5-9(14)15-12(16-10)7-3-4-7/h5,7-8H,2-4,6H2,1H3,(H,17,19,20). The van der Waals surface area contributed by atoms with E-state index in [-0.39, 0.29) is 24.4 Å². The SMILES string of the molecule is CCC1C(=O)NC(=O)CN1c1cc(Br)nc(C2CC2)n1. The Hall–Kier alpha value is -1.50. The minimum atomic E-state index is -0.360. The molecule has 1 aliphatic heterocycles. The molecule has 1 aromatic rings. The van der Waals surface area contributed by atoms with Gasteiger partial charge in [-0.2, -0.15) is 0 Å². The molecule has 1 atom stereocenters. The molecular weight excluding hydrogens is 324 g/mol. The molecule has 2 amide bonds. The third-order valence-corrected chi connectivity index (χ3v) is 3.98. The van der Waals surface area contributed by atoms with E-state index in [1.807, 2.05) is 6.92 Å². The molecule has 1 unspecified atom stereocenters. The van der Waals surface area contributed by atoms with Gasteiger partial charge in [-0.25, -0.2) is 9.97 Å². The molecule has 7 heteroatoms. The summed E-state index contributed by atoms with van der Waals surface area (Å²) in [6.07, 6.45) is 2.83. The van der Waals surface area contributed by atoms with Crippen molar-refractivity contribution in [2.24, 2.45) is 0 Å². The quantitative estimate of drug-likeness (QED) is 0.665. The number of halogens is 1. The monoisotopic (exact) mass is 338 g/mol. The van der Waals surface area contributed by atoms with Crippen molar-refractivity contribution in [3.8, 4) is 0 Å². The van der Waals surface area contributed by atoms with Crippen LogP contribution in [0.4, 0.5) is 5.82 Å². The van der Waals surface area contributed by atoms with E-state index < -0.39 is 0 Å². The summed E-state index contributed by atoms with van der Waals surface area (Å²) >= 11 is 3.38. The number of piperazine rings is 1. The lowest BCUT2D eigenvalue weighted by Crippen LogP contribution is -2.58. The molecule has 1 aliphatic carbocycles. The van der Waals surface area contributed by atoms with Crippen LogP contribution in [0.1, 0.15) is 37.9 Å². The van der Waals surface area contributed by atoms with Crippen LogP contribution in [0.15, 0.2) is 10.7 Å². The van der Waals surface area contributed by atoms with Gasteiger partial charge in [-0.3, -0.25) is 14.9 Å². The molecule has 0 bridgehead atoms. The van der Waals surface area contributed by atoms with Crippen molar-refractivity contribution in [2.75, 3.05) is 11.4 Å². The van der Waals surface area contributed by atoms with Crippen molar-refractivity contribution in [1.29, 1.82) is 0 Å². The topological polar surface area (TPSA) is 75.2 Å². The van der Waals surface area contributed by atoms with E-state index in [0.29, 0.717) is 22.8 Å². The summed E-state index contributed by atoms with van der Waals surface area (Å²) in [4.78, 5) is 34.2. The molecule has 2 heterocycles. The van der Waals surface area contributed by atoms with Gasteiger partial charge in [0.1, 0.15) is 22.3 Å². The molecule has 2 aliphatic rings. The summed E-state index contributed by atoms with van der Waals surface area (Å²) in [6, 6.07) is 1.40. The van der Waals surface area contributed by atoms with Crippen LogP contribution in [-0.4, -0.2) is 34.4 Å². The van der Waals surface area contributed by atoms with Crippen molar-refractivity contribution in [1.82, 2.24) is 15.3 Å². The van der Waals surface area contributed by atoms with E-state index in [2.05, 4.69) is 31.2 Å². The first-order valence-electron chi connectivity index (χ1n) is 6.73. The Kier molecular flexibility index (Phi) is 3.45. The molecule has 106 valence electrons. The third kappa shape index (κ3) is 2.54. The number of hydrogen-bond donors (Lipinski definition) is 1. The molecule has 6 nitrogen and oxygen atoms in total. The highest BCUT2D eigenvalue weighted by molar-refractivity contribution is 9.10. The second-order valence-electron chi connectivity index (χ2n) is 5.15. The molecule has 0 spiro atoms. The minimum absolute atomic E-state index is 0.151. The fraction of sp³-hybridized carbons (Fsp3) is 0.538. The van der Waals surface area contributed by atoms with Crippen molar-refractivity contribution < 1.29 is 9.59 Å². The second-order valence-corrected chi connectivity index (χ2v) is 5.96. The third-order valence-electron chi connectivity index (χ3n) is 3.58. The number of carbonyl (C=O) groups is 2. The van der Waals surface area contributed by atoms with Crippen molar-refractivity contribution in [3.05, 3.63) is 16.5 Å². The van der Waals surface area contributed by atoms with E-state index in [0.717, 1.165) is 18.7 Å². The van der Waals surface area contributed by atoms with E-state index in [1.165, 1.54) is 0 Å². The highest BCUT2D eigenvalue weighted by Gasteiger charge is 2.34. The lowest BCUT2D eigenvalue weighted by atomic mass is 10.1. The van der Waals surface area contributed by atoms with Crippen molar-refractivity contribution in [2.45, 2.75) is 38.1 Å². The summed E-state index contributed by atoms with van der Waals surface area (Å²) in [6.45, 7) is 2.07. The maximum Gasteiger partial charge on any atom is 0.249 e. The van der Waals surface area contributed by atoms with Gasteiger partial charge in [0.15, 0.2) is 0 Å². The van der Waals surface area contributed by atoms with Crippen LogP contribution >= 0.6 is 15.9 Å². The Balaban J connectivity index is 1.96. The van der Waals surface area contributed by atoms with Crippen LogP contribution in [0.25, 0.3) is 0 Å². The zero-order valence-corrected chi connectivity index (χ0v) is 12.7. The Labute approximate surface area is 125 Å². The van der Waals surface area contributed by atoms with Gasteiger partial charge >= 0.3 is 0 Å². The lowest BCUT2D eigenvalue weighted by Gasteiger charge is -2.34. The Bertz CT molecular complexity index is 573. The van der Waals surface area contributed by atoms with Gasteiger partial charge in [0.05, 0.1) is 6.54 Å². The number of rotatable bonds is 3. The predicted molar refractivity (Wildman–Crippen MR) is 76.3 cm³/mol. The molecule has 1 saturated carbocycles. The predicted octanol–water partition coefficient (Wildman–Crippen LogP) is 1.36. The summed E-state index contributed by atoms with van der Waals surface area (Å²) in [7, 11) is 0. The largest absolute Gasteiger partial charge is 0.335 e. The highest BCUT2D eigenvalue weighted by Crippen LogP contribution is 2.39. The van der Waals surface area contributed by atoms with Gasteiger partial charge in [-0.1, -0.05) is 6.92 Å². The smallest absolute Gasteiger partial charge is 0.249 e. The average molecular weight is 339 g/mol. The molecule has 1 N–H and O–H groups in total. The fourth-order valence-corrected chi connectivity index (χ4v) is 2.79. The molecule has 1 saturated heterocycles. The second kappa shape index (κ2) is 5.12. The molecule has 20 heavy (non-hydrogen) atoms. The lowest BCUT2D eigenvalue weighted by molar-refractivity contribution is -0.132. The van der Waals surface area contributed by atoms with Crippen molar-refractivity contribution in [3.63, 3.8) is 0 Å². The maximum absolute atomic E-state index is 11.9. The fourth-order valence-electron chi connectivity index (χ4n) is 2.41. The summed E-state index contributed by atoms with van der Waals surface area (Å²) in [5.74, 6) is 1.31. The zero-order chi connectivity index (χ0) is 14.3. The van der Waals surface area contributed by atoms with Crippen molar-refractivity contribution >= 4 is 33.6 Å². The normalized spacial score (nSPS) is 22.9. The first kappa shape index (κ1) is 13.5. The molecule has 3 rings (SSSR count). The van der Waals surface area contributed by atoms with Crippen LogP contribution in [-0.2, 0) is 9.59 Å². The minimum Gasteiger partial charge on any atom is -0.335 e. The van der Waals surface area contributed by atoms with Gasteiger partial charge in [-0.15, -0.1) is 0 Å². The average Bonchev–Trinajstić information content (AvgIpc) is 3.21. The van der Waals surface area contributed by atoms with Crippen LogP contribution in [0.2, 0.25) is 0 Å². The van der Waals surface area contributed by atoms with Gasteiger partial charge in [0.2, 0.25) is 11.8 Å². The van der Waals surface area contributed by atoms with Crippen LogP contribution in [0.5, 0.6) is 0 Å². The van der Waals surface area contributed by atoms with Gasteiger partial charge in [0, 0.05) is 12.0 Å². The van der Waals surface area contributed by atoms with Crippen LogP contribution in [0.3, 0.4) is 0 Å². The molecule has 0 aromatic carbocycles. The number of amides is 2. The highest BCUT2D eigenvalue weighted by atomic mass is 79.9. The number of imide groups is 1. The Morgan fingerprint density at radius 1 is 1.40 bits per heavy atom. The zero-order valence-electron chi connectivity index (χ0n) is 11.1. The first-order chi connectivity index (χ1) is 9.58. The Morgan fingerprint density at radius 2 is 2.15 bits per heavy atom. The summed E-state index contributed by atoms with van der Waals surface area (Å²) in [5, 5.41) is 2.37. The van der Waals surface area contributed by atoms with Crippen LogP contribution < -0.4 is 10.2 Å².